The van der Waals surface area contributed by atoms with Crippen LogP contribution in [0.4, 0.5) is 0 Å². The minimum absolute atomic E-state index is 0. The molecule has 0 saturated carbocycles. The van der Waals surface area contributed by atoms with E-state index >= 15 is 0 Å². The molecular formula is C16H35IN4O3S. The van der Waals surface area contributed by atoms with Gasteiger partial charge in [-0.3, -0.25) is 4.99 Å². The Morgan fingerprint density at radius 3 is 2.36 bits per heavy atom. The molecule has 25 heavy (non-hydrogen) atoms. The Labute approximate surface area is 170 Å². The van der Waals surface area contributed by atoms with Crippen molar-refractivity contribution in [2.45, 2.75) is 46.1 Å². The van der Waals surface area contributed by atoms with Crippen LogP contribution in [0.1, 0.15) is 40.0 Å². The van der Waals surface area contributed by atoms with Crippen LogP contribution in [0.25, 0.3) is 0 Å². The third-order valence-corrected chi connectivity index (χ3v) is 5.83. The fourth-order valence-corrected chi connectivity index (χ4v) is 3.89. The summed E-state index contributed by atoms with van der Waals surface area (Å²) >= 11 is 0. The predicted octanol–water partition coefficient (Wildman–Crippen LogP) is 1.74. The number of unbranched alkanes of at least 4 members (excludes halogenated alkanes) is 2. The fraction of sp³-hybridized carbons (Fsp3) is 0.938. The zero-order valence-electron chi connectivity index (χ0n) is 16.0. The maximum absolute atomic E-state index is 12.3. The van der Waals surface area contributed by atoms with E-state index in [-0.39, 0.29) is 42.4 Å². The molecule has 7 nitrogen and oxygen atoms in total. The summed E-state index contributed by atoms with van der Waals surface area (Å²) in [5.41, 5.74) is 0. The van der Waals surface area contributed by atoms with Gasteiger partial charge in [0.1, 0.15) is 0 Å². The SMILES string of the molecule is CCCCCNC(=NC)N1CCN(S(=O)(=O)CCOC(C)C)CC1.I. The van der Waals surface area contributed by atoms with E-state index in [9.17, 15) is 8.42 Å². The summed E-state index contributed by atoms with van der Waals surface area (Å²) in [6, 6.07) is 0. The molecular weight excluding hydrogens is 455 g/mol. The summed E-state index contributed by atoms with van der Waals surface area (Å²) in [7, 11) is -1.47. The third kappa shape index (κ3) is 9.39. The molecule has 1 aliphatic rings. The first-order valence-corrected chi connectivity index (χ1v) is 10.6. The van der Waals surface area contributed by atoms with Crippen LogP contribution >= 0.6 is 24.0 Å². The van der Waals surface area contributed by atoms with Gasteiger partial charge in [0.2, 0.25) is 10.0 Å². The monoisotopic (exact) mass is 490 g/mol. The van der Waals surface area contributed by atoms with Gasteiger partial charge in [-0.15, -0.1) is 24.0 Å². The summed E-state index contributed by atoms with van der Waals surface area (Å²) in [6.07, 6.45) is 3.57. The van der Waals surface area contributed by atoms with Crippen LogP contribution in [-0.2, 0) is 14.8 Å². The molecule has 0 aromatic carbocycles. The lowest BCUT2D eigenvalue weighted by molar-refractivity contribution is 0.0904. The molecule has 0 aromatic heterocycles. The highest BCUT2D eigenvalue weighted by Crippen LogP contribution is 2.09. The lowest BCUT2D eigenvalue weighted by Crippen LogP contribution is -2.54. The number of hydrogen-bond donors (Lipinski definition) is 1. The molecule has 0 atom stereocenters. The smallest absolute Gasteiger partial charge is 0.216 e. The highest BCUT2D eigenvalue weighted by atomic mass is 127. The Morgan fingerprint density at radius 2 is 1.84 bits per heavy atom. The zero-order valence-corrected chi connectivity index (χ0v) is 19.2. The van der Waals surface area contributed by atoms with Gasteiger partial charge in [-0.2, -0.15) is 4.31 Å². The normalized spacial score (nSPS) is 16.8. The molecule has 0 spiro atoms. The van der Waals surface area contributed by atoms with Gasteiger partial charge in [-0.1, -0.05) is 19.8 Å². The largest absolute Gasteiger partial charge is 0.378 e. The van der Waals surface area contributed by atoms with Crippen molar-refractivity contribution in [2.75, 3.05) is 52.1 Å². The molecule has 1 rings (SSSR count). The van der Waals surface area contributed by atoms with E-state index in [4.69, 9.17) is 4.74 Å². The Morgan fingerprint density at radius 1 is 1.20 bits per heavy atom. The number of hydrogen-bond acceptors (Lipinski definition) is 4. The van der Waals surface area contributed by atoms with Crippen molar-refractivity contribution in [3.8, 4) is 0 Å². The Kier molecular flexibility index (Phi) is 13.0. The van der Waals surface area contributed by atoms with Gasteiger partial charge in [0.15, 0.2) is 5.96 Å². The van der Waals surface area contributed by atoms with Crippen molar-refractivity contribution in [1.29, 1.82) is 0 Å². The molecule has 1 N–H and O–H groups in total. The van der Waals surface area contributed by atoms with Gasteiger partial charge >= 0.3 is 0 Å². The molecule has 1 fully saturated rings. The van der Waals surface area contributed by atoms with Gasteiger partial charge in [0, 0.05) is 39.8 Å². The van der Waals surface area contributed by atoms with Crippen LogP contribution in [-0.4, -0.2) is 81.8 Å². The van der Waals surface area contributed by atoms with E-state index in [0.29, 0.717) is 26.2 Å². The van der Waals surface area contributed by atoms with Crippen molar-refractivity contribution in [1.82, 2.24) is 14.5 Å². The van der Waals surface area contributed by atoms with E-state index in [2.05, 4.69) is 22.1 Å². The van der Waals surface area contributed by atoms with Gasteiger partial charge in [-0.05, 0) is 20.3 Å². The average molecular weight is 490 g/mol. The molecule has 0 radical (unpaired) electrons. The summed E-state index contributed by atoms with van der Waals surface area (Å²) in [4.78, 5) is 6.44. The maximum Gasteiger partial charge on any atom is 0.216 e. The fourth-order valence-electron chi connectivity index (χ4n) is 2.60. The van der Waals surface area contributed by atoms with Crippen molar-refractivity contribution in [3.05, 3.63) is 0 Å². The van der Waals surface area contributed by atoms with Crippen LogP contribution in [0.3, 0.4) is 0 Å². The Balaban J connectivity index is 0.00000576. The van der Waals surface area contributed by atoms with Gasteiger partial charge < -0.3 is 15.0 Å². The molecule has 9 heteroatoms. The lowest BCUT2D eigenvalue weighted by Gasteiger charge is -2.35. The van der Waals surface area contributed by atoms with Crippen LogP contribution in [0.15, 0.2) is 4.99 Å². The topological polar surface area (TPSA) is 74.2 Å². The second-order valence-electron chi connectivity index (χ2n) is 6.30. The molecule has 1 heterocycles. The van der Waals surface area contributed by atoms with Crippen molar-refractivity contribution < 1.29 is 13.2 Å². The van der Waals surface area contributed by atoms with Crippen LogP contribution in [0.5, 0.6) is 0 Å². The second-order valence-corrected chi connectivity index (χ2v) is 8.39. The molecule has 0 amide bonds. The predicted molar refractivity (Wildman–Crippen MR) is 114 cm³/mol. The number of sulfonamides is 1. The van der Waals surface area contributed by atoms with Crippen LogP contribution < -0.4 is 5.32 Å². The van der Waals surface area contributed by atoms with E-state index in [1.54, 1.807) is 11.4 Å². The van der Waals surface area contributed by atoms with Crippen molar-refractivity contribution in [3.63, 3.8) is 0 Å². The highest BCUT2D eigenvalue weighted by Gasteiger charge is 2.27. The minimum atomic E-state index is -3.24. The van der Waals surface area contributed by atoms with E-state index < -0.39 is 10.0 Å². The van der Waals surface area contributed by atoms with Crippen LogP contribution in [0, 0.1) is 0 Å². The number of nitrogens with zero attached hydrogens (tertiary/aromatic N) is 3. The number of nitrogens with one attached hydrogen (secondary N) is 1. The quantitative estimate of drug-likeness (QED) is 0.231. The first-order chi connectivity index (χ1) is 11.4. The van der Waals surface area contributed by atoms with E-state index in [1.165, 1.54) is 12.8 Å². The molecule has 0 bridgehead atoms. The van der Waals surface area contributed by atoms with Gasteiger partial charge in [0.25, 0.3) is 0 Å². The molecule has 150 valence electrons. The Hall–Kier alpha value is -0.130. The Bertz CT molecular complexity index is 478. The molecule has 0 aromatic rings. The van der Waals surface area contributed by atoms with E-state index in [1.807, 2.05) is 13.8 Å². The summed E-state index contributed by atoms with van der Waals surface area (Å²) in [6.45, 7) is 9.48. The first kappa shape index (κ1) is 24.9. The summed E-state index contributed by atoms with van der Waals surface area (Å²) in [5.74, 6) is 0.918. The number of guanidine groups is 1. The third-order valence-electron chi connectivity index (χ3n) is 4.00. The number of ether oxygens (including phenoxy) is 1. The first-order valence-electron chi connectivity index (χ1n) is 8.95. The molecule has 1 saturated heterocycles. The minimum Gasteiger partial charge on any atom is -0.378 e. The average Bonchev–Trinajstić information content (AvgIpc) is 2.55. The standard InChI is InChI=1S/C16H34N4O3S.HI/c1-5-6-7-8-18-16(17-4)19-9-11-20(12-10-19)24(21,22)14-13-23-15(2)3;/h15H,5-14H2,1-4H3,(H,17,18);1H. The van der Waals surface area contributed by atoms with Crippen molar-refractivity contribution >= 4 is 40.0 Å². The molecule has 0 unspecified atom stereocenters. The highest BCUT2D eigenvalue weighted by molar-refractivity contribution is 14.0. The number of aliphatic imine (C=N–C) groups is 1. The number of piperazine rings is 1. The summed E-state index contributed by atoms with van der Waals surface area (Å²) in [5, 5.41) is 3.36. The second kappa shape index (κ2) is 13.1. The zero-order chi connectivity index (χ0) is 18.0. The van der Waals surface area contributed by atoms with Gasteiger partial charge in [0.05, 0.1) is 18.5 Å². The number of rotatable bonds is 9. The molecule has 1 aliphatic heterocycles. The molecule has 0 aliphatic carbocycles. The lowest BCUT2D eigenvalue weighted by atomic mass is 10.2. The number of halogens is 1. The van der Waals surface area contributed by atoms with E-state index in [0.717, 1.165) is 18.9 Å². The van der Waals surface area contributed by atoms with Crippen LogP contribution in [0.2, 0.25) is 0 Å². The van der Waals surface area contributed by atoms with Gasteiger partial charge in [-0.25, -0.2) is 8.42 Å². The maximum atomic E-state index is 12.3. The van der Waals surface area contributed by atoms with Crippen molar-refractivity contribution in [2.24, 2.45) is 4.99 Å². The summed E-state index contributed by atoms with van der Waals surface area (Å²) < 4.78 is 31.6.